The lowest BCUT2D eigenvalue weighted by molar-refractivity contribution is 0.0376. The Kier molecular flexibility index (Phi) is 6.07. The van der Waals surface area contributed by atoms with Crippen LogP contribution < -0.4 is 0 Å². The molecule has 2 unspecified atom stereocenters. The topological polar surface area (TPSA) is 29.5 Å². The Morgan fingerprint density at radius 1 is 1.38 bits per heavy atom. The van der Waals surface area contributed by atoms with Gasteiger partial charge >= 0.3 is 5.97 Å². The monoisotopic (exact) mass is 309 g/mol. The SMILES string of the molecule is CCC1CCC(C)N(CCOC(=O)c2ccccc2Cl)C1. The van der Waals surface area contributed by atoms with Gasteiger partial charge in [-0.2, -0.15) is 0 Å². The second-order valence-corrected chi connectivity index (χ2v) is 6.22. The Morgan fingerprint density at radius 2 is 2.14 bits per heavy atom. The lowest BCUT2D eigenvalue weighted by Crippen LogP contribution is -2.43. The summed E-state index contributed by atoms with van der Waals surface area (Å²) >= 11 is 6.00. The van der Waals surface area contributed by atoms with Gasteiger partial charge in [0.15, 0.2) is 0 Å². The molecule has 116 valence electrons. The van der Waals surface area contributed by atoms with Crippen LogP contribution in [0.5, 0.6) is 0 Å². The fourth-order valence-corrected chi connectivity index (χ4v) is 3.08. The van der Waals surface area contributed by atoms with E-state index in [1.54, 1.807) is 24.3 Å². The molecule has 0 amide bonds. The lowest BCUT2D eigenvalue weighted by atomic mass is 9.92. The molecule has 21 heavy (non-hydrogen) atoms. The Labute approximate surface area is 132 Å². The van der Waals surface area contributed by atoms with Crippen molar-refractivity contribution >= 4 is 17.6 Å². The van der Waals surface area contributed by atoms with Crippen molar-refractivity contribution in [3.8, 4) is 0 Å². The van der Waals surface area contributed by atoms with Crippen LogP contribution in [-0.2, 0) is 4.74 Å². The molecule has 0 spiro atoms. The van der Waals surface area contributed by atoms with Crippen LogP contribution >= 0.6 is 11.6 Å². The van der Waals surface area contributed by atoms with E-state index in [9.17, 15) is 4.79 Å². The van der Waals surface area contributed by atoms with Crippen LogP contribution in [0.2, 0.25) is 5.02 Å². The van der Waals surface area contributed by atoms with Gasteiger partial charge in [-0.1, -0.05) is 37.1 Å². The highest BCUT2D eigenvalue weighted by Gasteiger charge is 2.24. The molecule has 1 aliphatic heterocycles. The van der Waals surface area contributed by atoms with Gasteiger partial charge < -0.3 is 4.74 Å². The number of ether oxygens (including phenoxy) is 1. The lowest BCUT2D eigenvalue weighted by Gasteiger charge is -2.37. The first-order valence-corrected chi connectivity index (χ1v) is 8.15. The molecule has 1 saturated heterocycles. The van der Waals surface area contributed by atoms with Gasteiger partial charge in [0, 0.05) is 19.1 Å². The van der Waals surface area contributed by atoms with Crippen molar-refractivity contribution < 1.29 is 9.53 Å². The Bertz CT molecular complexity index is 478. The molecule has 1 fully saturated rings. The summed E-state index contributed by atoms with van der Waals surface area (Å²) in [7, 11) is 0. The standard InChI is InChI=1S/C17H24ClNO2/c1-3-14-9-8-13(2)19(12-14)10-11-21-17(20)15-6-4-5-7-16(15)18/h4-7,13-14H,3,8-12H2,1-2H3. The molecule has 0 aromatic heterocycles. The van der Waals surface area contributed by atoms with Gasteiger partial charge in [-0.15, -0.1) is 0 Å². The largest absolute Gasteiger partial charge is 0.461 e. The van der Waals surface area contributed by atoms with E-state index < -0.39 is 0 Å². The molecule has 0 N–H and O–H groups in total. The fourth-order valence-electron chi connectivity index (χ4n) is 2.87. The number of benzene rings is 1. The van der Waals surface area contributed by atoms with Crippen LogP contribution in [-0.4, -0.2) is 36.6 Å². The molecule has 0 saturated carbocycles. The summed E-state index contributed by atoms with van der Waals surface area (Å²) < 4.78 is 5.36. The number of halogens is 1. The molecule has 0 radical (unpaired) electrons. The quantitative estimate of drug-likeness (QED) is 0.770. The van der Waals surface area contributed by atoms with E-state index in [1.165, 1.54) is 19.3 Å². The normalized spacial score (nSPS) is 23.0. The summed E-state index contributed by atoms with van der Waals surface area (Å²) in [5, 5.41) is 0.444. The molecule has 0 aliphatic carbocycles. The van der Waals surface area contributed by atoms with Crippen LogP contribution in [0.4, 0.5) is 0 Å². The zero-order chi connectivity index (χ0) is 15.2. The third-order valence-electron chi connectivity index (χ3n) is 4.39. The number of nitrogens with zero attached hydrogens (tertiary/aromatic N) is 1. The number of esters is 1. The predicted octanol–water partition coefficient (Wildman–Crippen LogP) is 4.01. The average molecular weight is 310 g/mol. The van der Waals surface area contributed by atoms with Gasteiger partial charge in [0.1, 0.15) is 6.61 Å². The molecule has 2 rings (SSSR count). The number of carbonyl (C=O) groups excluding carboxylic acids is 1. The molecule has 1 heterocycles. The molecular weight excluding hydrogens is 286 g/mol. The van der Waals surface area contributed by atoms with Crippen molar-refractivity contribution in [3.63, 3.8) is 0 Å². The van der Waals surface area contributed by atoms with Crippen molar-refractivity contribution in [2.75, 3.05) is 19.7 Å². The maximum absolute atomic E-state index is 12.0. The molecule has 4 heteroatoms. The minimum absolute atomic E-state index is 0.336. The van der Waals surface area contributed by atoms with Gasteiger partial charge in [0.05, 0.1) is 10.6 Å². The molecular formula is C17H24ClNO2. The van der Waals surface area contributed by atoms with Gasteiger partial charge in [-0.3, -0.25) is 4.90 Å². The second kappa shape index (κ2) is 7.81. The van der Waals surface area contributed by atoms with Gasteiger partial charge in [-0.25, -0.2) is 4.79 Å². The van der Waals surface area contributed by atoms with Crippen molar-refractivity contribution in [1.29, 1.82) is 0 Å². The highest BCUT2D eigenvalue weighted by atomic mass is 35.5. The zero-order valence-electron chi connectivity index (χ0n) is 12.8. The van der Waals surface area contributed by atoms with E-state index >= 15 is 0 Å². The van der Waals surface area contributed by atoms with Crippen molar-refractivity contribution in [2.45, 2.75) is 39.2 Å². The van der Waals surface area contributed by atoms with Crippen LogP contribution in [0, 0.1) is 5.92 Å². The highest BCUT2D eigenvalue weighted by molar-refractivity contribution is 6.33. The van der Waals surface area contributed by atoms with Crippen molar-refractivity contribution in [1.82, 2.24) is 4.90 Å². The molecule has 1 aromatic rings. The first-order valence-electron chi connectivity index (χ1n) is 7.77. The van der Waals surface area contributed by atoms with Gasteiger partial charge in [0.25, 0.3) is 0 Å². The van der Waals surface area contributed by atoms with Crippen LogP contribution in [0.15, 0.2) is 24.3 Å². The summed E-state index contributed by atoms with van der Waals surface area (Å²) in [6.07, 6.45) is 3.77. The van der Waals surface area contributed by atoms with Crippen LogP contribution in [0.1, 0.15) is 43.5 Å². The summed E-state index contributed by atoms with van der Waals surface area (Å²) in [6, 6.07) is 7.57. The highest BCUT2D eigenvalue weighted by Crippen LogP contribution is 2.23. The maximum Gasteiger partial charge on any atom is 0.339 e. The molecule has 0 bridgehead atoms. The Hall–Kier alpha value is -1.06. The van der Waals surface area contributed by atoms with Crippen molar-refractivity contribution in [3.05, 3.63) is 34.9 Å². The van der Waals surface area contributed by atoms with E-state index in [4.69, 9.17) is 16.3 Å². The summed E-state index contributed by atoms with van der Waals surface area (Å²) in [5.74, 6) is 0.442. The first kappa shape index (κ1) is 16.3. The Balaban J connectivity index is 1.81. The van der Waals surface area contributed by atoms with Crippen molar-refractivity contribution in [2.24, 2.45) is 5.92 Å². The minimum atomic E-state index is -0.336. The van der Waals surface area contributed by atoms with E-state index in [0.29, 0.717) is 23.2 Å². The number of piperidine rings is 1. The third kappa shape index (κ3) is 4.45. The van der Waals surface area contributed by atoms with Crippen LogP contribution in [0.25, 0.3) is 0 Å². The van der Waals surface area contributed by atoms with E-state index in [1.807, 2.05) is 0 Å². The number of hydrogen-bond acceptors (Lipinski definition) is 3. The number of hydrogen-bond donors (Lipinski definition) is 0. The maximum atomic E-state index is 12.0. The summed E-state index contributed by atoms with van der Waals surface area (Å²) in [4.78, 5) is 14.4. The summed E-state index contributed by atoms with van der Waals surface area (Å²) in [6.45, 7) is 6.83. The van der Waals surface area contributed by atoms with Crippen LogP contribution in [0.3, 0.4) is 0 Å². The minimum Gasteiger partial charge on any atom is -0.461 e. The van der Waals surface area contributed by atoms with E-state index in [-0.39, 0.29) is 5.97 Å². The molecule has 2 atom stereocenters. The molecule has 1 aromatic carbocycles. The second-order valence-electron chi connectivity index (χ2n) is 5.81. The number of rotatable bonds is 5. The predicted molar refractivity (Wildman–Crippen MR) is 85.8 cm³/mol. The van der Waals surface area contributed by atoms with Gasteiger partial charge in [0.2, 0.25) is 0 Å². The summed E-state index contributed by atoms with van der Waals surface area (Å²) in [5.41, 5.74) is 0.442. The van der Waals surface area contributed by atoms with Gasteiger partial charge in [-0.05, 0) is 37.8 Å². The smallest absolute Gasteiger partial charge is 0.339 e. The first-order chi connectivity index (χ1) is 10.1. The zero-order valence-corrected chi connectivity index (χ0v) is 13.6. The molecule has 1 aliphatic rings. The number of carbonyl (C=O) groups is 1. The third-order valence-corrected chi connectivity index (χ3v) is 4.72. The van der Waals surface area contributed by atoms with E-state index in [0.717, 1.165) is 19.0 Å². The molecule has 3 nitrogen and oxygen atoms in total. The number of likely N-dealkylation sites (tertiary alicyclic amines) is 1. The van der Waals surface area contributed by atoms with E-state index in [2.05, 4.69) is 18.7 Å². The fraction of sp³-hybridized carbons (Fsp3) is 0.588. The average Bonchev–Trinajstić information content (AvgIpc) is 2.49. The Morgan fingerprint density at radius 3 is 2.86 bits per heavy atom.